The number of Topliss-reactive ketones (excluding diaryl/α,β-unsaturated/α-hetero) is 1. The van der Waals surface area contributed by atoms with Crippen LogP contribution in [0.3, 0.4) is 0 Å². The summed E-state index contributed by atoms with van der Waals surface area (Å²) in [5.41, 5.74) is 4.15. The average Bonchev–Trinajstić information content (AvgIpc) is 2.84. The van der Waals surface area contributed by atoms with Crippen LogP contribution >= 0.6 is 0 Å². The lowest BCUT2D eigenvalue weighted by molar-refractivity contribution is -0.116. The number of carbonyl (C=O) groups is 1. The van der Waals surface area contributed by atoms with Crippen LogP contribution in [0.5, 0.6) is 0 Å². The molecule has 0 spiro atoms. The van der Waals surface area contributed by atoms with Crippen molar-refractivity contribution in [2.24, 2.45) is 0 Å². The highest BCUT2D eigenvalue weighted by Gasteiger charge is 2.08. The summed E-state index contributed by atoms with van der Waals surface area (Å²) in [4.78, 5) is 11.1. The van der Waals surface area contributed by atoms with Gasteiger partial charge in [0.15, 0.2) is 0 Å². The van der Waals surface area contributed by atoms with E-state index >= 15 is 0 Å². The Labute approximate surface area is 118 Å². The summed E-state index contributed by atoms with van der Waals surface area (Å²) in [6, 6.07) is 16.2. The Bertz CT molecular complexity index is 764. The first-order valence-corrected chi connectivity index (χ1v) is 6.71. The van der Waals surface area contributed by atoms with Crippen molar-refractivity contribution in [1.29, 1.82) is 0 Å². The molecular formula is C18H16O2. The number of para-hydroxylation sites is 1. The van der Waals surface area contributed by atoms with Crippen molar-refractivity contribution in [2.45, 2.75) is 20.3 Å². The van der Waals surface area contributed by atoms with E-state index in [0.29, 0.717) is 6.42 Å². The van der Waals surface area contributed by atoms with Crippen LogP contribution < -0.4 is 0 Å². The van der Waals surface area contributed by atoms with Crippen molar-refractivity contribution in [1.82, 2.24) is 0 Å². The van der Waals surface area contributed by atoms with Crippen LogP contribution in [0.15, 0.2) is 52.9 Å². The van der Waals surface area contributed by atoms with Crippen LogP contribution in [0.2, 0.25) is 0 Å². The Kier molecular flexibility index (Phi) is 3.15. The zero-order chi connectivity index (χ0) is 14.1. The van der Waals surface area contributed by atoms with Gasteiger partial charge in [0.1, 0.15) is 17.1 Å². The molecule has 0 bridgehead atoms. The molecule has 0 aliphatic carbocycles. The third kappa shape index (κ3) is 2.37. The number of benzene rings is 2. The van der Waals surface area contributed by atoms with Crippen LogP contribution in [-0.4, -0.2) is 5.78 Å². The van der Waals surface area contributed by atoms with Gasteiger partial charge in [-0.25, -0.2) is 0 Å². The molecule has 100 valence electrons. The molecule has 0 fully saturated rings. The van der Waals surface area contributed by atoms with E-state index in [0.717, 1.165) is 33.4 Å². The van der Waals surface area contributed by atoms with Gasteiger partial charge in [0.2, 0.25) is 0 Å². The number of ketones is 1. The summed E-state index contributed by atoms with van der Waals surface area (Å²) in [6.45, 7) is 3.65. The second-order valence-corrected chi connectivity index (χ2v) is 5.18. The Morgan fingerprint density at radius 3 is 2.50 bits per heavy atom. The fourth-order valence-electron chi connectivity index (χ4n) is 2.43. The van der Waals surface area contributed by atoms with Gasteiger partial charge in [-0.05, 0) is 31.0 Å². The van der Waals surface area contributed by atoms with Gasteiger partial charge >= 0.3 is 0 Å². The van der Waals surface area contributed by atoms with Crippen LogP contribution in [0.1, 0.15) is 18.1 Å². The fraction of sp³-hybridized carbons (Fsp3) is 0.167. The normalized spacial score (nSPS) is 10.9. The van der Waals surface area contributed by atoms with E-state index in [9.17, 15) is 4.79 Å². The van der Waals surface area contributed by atoms with Gasteiger partial charge < -0.3 is 4.42 Å². The van der Waals surface area contributed by atoms with Gasteiger partial charge in [0.05, 0.1) is 0 Å². The first kappa shape index (κ1) is 12.7. The molecular weight excluding hydrogens is 248 g/mol. The number of carbonyl (C=O) groups excluding carboxylic acids is 1. The Hall–Kier alpha value is -2.35. The molecule has 2 aromatic carbocycles. The summed E-state index contributed by atoms with van der Waals surface area (Å²) in [6.07, 6.45) is 0.486. The van der Waals surface area contributed by atoms with E-state index in [1.54, 1.807) is 6.92 Å². The predicted octanol–water partition coefficient (Wildman–Crippen LogP) is 4.54. The summed E-state index contributed by atoms with van der Waals surface area (Å²) in [5, 5.41) is 1.12. The van der Waals surface area contributed by atoms with Crippen molar-refractivity contribution < 1.29 is 9.21 Å². The van der Waals surface area contributed by atoms with Gasteiger partial charge in [-0.2, -0.15) is 0 Å². The standard InChI is InChI=1S/C18H16O2/c1-12-4-3-5-16-11-17(20-18(12)16)15-8-6-14(7-9-15)10-13(2)19/h3-9,11H,10H2,1-2H3. The lowest BCUT2D eigenvalue weighted by Gasteiger charge is -2.00. The third-order valence-electron chi connectivity index (χ3n) is 3.43. The number of furan rings is 1. The highest BCUT2D eigenvalue weighted by atomic mass is 16.3. The highest BCUT2D eigenvalue weighted by Crippen LogP contribution is 2.29. The van der Waals surface area contributed by atoms with Gasteiger partial charge in [-0.1, -0.05) is 42.5 Å². The molecule has 20 heavy (non-hydrogen) atoms. The summed E-state index contributed by atoms with van der Waals surface area (Å²) in [7, 11) is 0. The van der Waals surface area contributed by atoms with E-state index in [1.807, 2.05) is 43.3 Å². The molecule has 3 aromatic rings. The lowest BCUT2D eigenvalue weighted by atomic mass is 10.1. The molecule has 0 aliphatic rings. The first-order valence-electron chi connectivity index (χ1n) is 6.71. The molecule has 0 amide bonds. The SMILES string of the molecule is CC(=O)Cc1ccc(-c2cc3cccc(C)c3o2)cc1. The molecule has 0 saturated carbocycles. The fourth-order valence-corrected chi connectivity index (χ4v) is 2.43. The number of aryl methyl sites for hydroxylation is 1. The first-order chi connectivity index (χ1) is 9.63. The van der Waals surface area contributed by atoms with Crippen molar-refractivity contribution in [3.63, 3.8) is 0 Å². The van der Waals surface area contributed by atoms with E-state index < -0.39 is 0 Å². The number of rotatable bonds is 3. The number of fused-ring (bicyclic) bond motifs is 1. The van der Waals surface area contributed by atoms with E-state index in [2.05, 4.69) is 12.1 Å². The van der Waals surface area contributed by atoms with Crippen LogP contribution in [0.4, 0.5) is 0 Å². The molecule has 0 saturated heterocycles. The van der Waals surface area contributed by atoms with Gasteiger partial charge in [-0.15, -0.1) is 0 Å². The highest BCUT2D eigenvalue weighted by molar-refractivity contribution is 5.85. The largest absolute Gasteiger partial charge is 0.456 e. The molecule has 0 unspecified atom stereocenters. The van der Waals surface area contributed by atoms with E-state index in [4.69, 9.17) is 4.42 Å². The molecule has 3 rings (SSSR count). The van der Waals surface area contributed by atoms with Crippen LogP contribution in [0, 0.1) is 6.92 Å². The smallest absolute Gasteiger partial charge is 0.137 e. The minimum atomic E-state index is 0.178. The molecule has 0 aliphatic heterocycles. The second kappa shape index (κ2) is 4.97. The third-order valence-corrected chi connectivity index (χ3v) is 3.43. The van der Waals surface area contributed by atoms with Gasteiger partial charge in [0, 0.05) is 17.4 Å². The topological polar surface area (TPSA) is 30.2 Å². The predicted molar refractivity (Wildman–Crippen MR) is 80.8 cm³/mol. The second-order valence-electron chi connectivity index (χ2n) is 5.18. The van der Waals surface area contributed by atoms with Crippen molar-refractivity contribution in [2.75, 3.05) is 0 Å². The number of hydrogen-bond acceptors (Lipinski definition) is 2. The molecule has 0 N–H and O–H groups in total. The minimum absolute atomic E-state index is 0.178. The van der Waals surface area contributed by atoms with Gasteiger partial charge in [0.25, 0.3) is 0 Å². The molecule has 2 heteroatoms. The molecule has 0 atom stereocenters. The summed E-state index contributed by atoms with van der Waals surface area (Å²) < 4.78 is 5.94. The van der Waals surface area contributed by atoms with Crippen LogP contribution in [0.25, 0.3) is 22.3 Å². The van der Waals surface area contributed by atoms with E-state index in [-0.39, 0.29) is 5.78 Å². The lowest BCUT2D eigenvalue weighted by Crippen LogP contribution is -1.95. The quantitative estimate of drug-likeness (QED) is 0.695. The summed E-state index contributed by atoms with van der Waals surface area (Å²) in [5.74, 6) is 1.04. The monoisotopic (exact) mass is 264 g/mol. The van der Waals surface area contributed by atoms with Crippen molar-refractivity contribution in [3.8, 4) is 11.3 Å². The zero-order valence-electron chi connectivity index (χ0n) is 11.6. The Morgan fingerprint density at radius 2 is 1.85 bits per heavy atom. The average molecular weight is 264 g/mol. The molecule has 0 radical (unpaired) electrons. The Morgan fingerprint density at radius 1 is 1.10 bits per heavy atom. The zero-order valence-corrected chi connectivity index (χ0v) is 11.6. The minimum Gasteiger partial charge on any atom is -0.456 e. The van der Waals surface area contributed by atoms with Crippen molar-refractivity contribution in [3.05, 3.63) is 59.7 Å². The number of hydrogen-bond donors (Lipinski definition) is 0. The van der Waals surface area contributed by atoms with Gasteiger partial charge in [-0.3, -0.25) is 4.79 Å². The maximum atomic E-state index is 11.1. The molecule has 2 nitrogen and oxygen atoms in total. The maximum Gasteiger partial charge on any atom is 0.137 e. The van der Waals surface area contributed by atoms with Crippen LogP contribution in [-0.2, 0) is 11.2 Å². The van der Waals surface area contributed by atoms with Crippen molar-refractivity contribution >= 4 is 16.8 Å². The molecule has 1 heterocycles. The maximum absolute atomic E-state index is 11.1. The van der Waals surface area contributed by atoms with E-state index in [1.165, 1.54) is 0 Å². The summed E-state index contributed by atoms with van der Waals surface area (Å²) >= 11 is 0. The Balaban J connectivity index is 1.98. The molecule has 1 aromatic heterocycles.